The molecule has 0 aromatic heterocycles. The molecule has 0 amide bonds. The second kappa shape index (κ2) is 8.76. The van der Waals surface area contributed by atoms with Crippen LogP contribution < -0.4 is 14.2 Å². The van der Waals surface area contributed by atoms with Crippen LogP contribution in [0.5, 0.6) is 23.0 Å². The number of carboxylic acids is 1. The van der Waals surface area contributed by atoms with Crippen molar-refractivity contribution in [2.75, 3.05) is 7.11 Å². The molecule has 0 aliphatic rings. The first-order chi connectivity index (χ1) is 13.2. The summed E-state index contributed by atoms with van der Waals surface area (Å²) in [6.45, 7) is 0. The van der Waals surface area contributed by atoms with Gasteiger partial charge in [0.15, 0.2) is 6.10 Å². The van der Waals surface area contributed by atoms with Crippen LogP contribution in [0.2, 0.25) is 0 Å². The van der Waals surface area contributed by atoms with Gasteiger partial charge < -0.3 is 19.3 Å². The highest BCUT2D eigenvalue weighted by Gasteiger charge is 2.22. The molecule has 0 radical (unpaired) electrons. The van der Waals surface area contributed by atoms with Crippen molar-refractivity contribution in [2.24, 2.45) is 0 Å². The number of para-hydroxylation sites is 2. The molecule has 3 rings (SSSR count). The van der Waals surface area contributed by atoms with E-state index < -0.39 is 12.1 Å². The summed E-state index contributed by atoms with van der Waals surface area (Å²) in [7, 11) is 1.57. The first-order valence-corrected chi connectivity index (χ1v) is 8.50. The third kappa shape index (κ3) is 5.01. The average Bonchev–Trinajstić information content (AvgIpc) is 2.70. The SMILES string of the molecule is COc1ccc(OC(Cc2ccccc2Oc2ccccc2)C(=O)O)cc1. The lowest BCUT2D eigenvalue weighted by molar-refractivity contribution is -0.145. The normalized spacial score (nSPS) is 11.4. The Morgan fingerprint density at radius 3 is 2.15 bits per heavy atom. The van der Waals surface area contributed by atoms with Crippen LogP contribution in [0, 0.1) is 0 Å². The monoisotopic (exact) mass is 364 g/mol. The highest BCUT2D eigenvalue weighted by Crippen LogP contribution is 2.27. The molecule has 5 heteroatoms. The Hall–Kier alpha value is -3.47. The standard InChI is InChI=1S/C22H20O5/c1-25-17-11-13-19(14-12-17)27-21(22(23)24)15-16-7-5-6-10-20(16)26-18-8-3-2-4-9-18/h2-14,21H,15H2,1H3,(H,23,24). The molecule has 27 heavy (non-hydrogen) atoms. The Balaban J connectivity index is 1.77. The number of hydrogen-bond acceptors (Lipinski definition) is 4. The maximum atomic E-state index is 11.7. The molecular weight excluding hydrogens is 344 g/mol. The van der Waals surface area contributed by atoms with E-state index in [1.807, 2.05) is 54.6 Å². The van der Waals surface area contributed by atoms with Crippen molar-refractivity contribution in [1.82, 2.24) is 0 Å². The van der Waals surface area contributed by atoms with Gasteiger partial charge in [-0.05, 0) is 48.0 Å². The first-order valence-electron chi connectivity index (χ1n) is 8.50. The highest BCUT2D eigenvalue weighted by atomic mass is 16.5. The molecular formula is C22H20O5. The molecule has 0 saturated carbocycles. The Kier molecular flexibility index (Phi) is 5.94. The van der Waals surface area contributed by atoms with E-state index in [-0.39, 0.29) is 6.42 Å². The minimum atomic E-state index is -1.04. The third-order valence-corrected chi connectivity index (χ3v) is 3.96. The quantitative estimate of drug-likeness (QED) is 0.635. The smallest absolute Gasteiger partial charge is 0.345 e. The van der Waals surface area contributed by atoms with Crippen molar-refractivity contribution in [3.05, 3.63) is 84.4 Å². The molecule has 1 unspecified atom stereocenters. The lowest BCUT2D eigenvalue weighted by Gasteiger charge is -2.17. The lowest BCUT2D eigenvalue weighted by Crippen LogP contribution is -2.29. The minimum absolute atomic E-state index is 0.171. The van der Waals surface area contributed by atoms with Gasteiger partial charge in [-0.15, -0.1) is 0 Å². The summed E-state index contributed by atoms with van der Waals surface area (Å²) in [6.07, 6.45) is -0.872. The second-order valence-corrected chi connectivity index (χ2v) is 5.85. The van der Waals surface area contributed by atoms with E-state index in [0.29, 0.717) is 23.0 Å². The number of methoxy groups -OCH3 is 1. The fourth-order valence-electron chi connectivity index (χ4n) is 2.59. The zero-order valence-corrected chi connectivity index (χ0v) is 14.9. The van der Waals surface area contributed by atoms with Crippen LogP contribution in [0.25, 0.3) is 0 Å². The zero-order valence-electron chi connectivity index (χ0n) is 14.9. The summed E-state index contributed by atoms with van der Waals surface area (Å²) in [4.78, 5) is 11.7. The van der Waals surface area contributed by atoms with E-state index in [1.165, 1.54) is 0 Å². The second-order valence-electron chi connectivity index (χ2n) is 5.85. The van der Waals surface area contributed by atoms with Gasteiger partial charge in [0.05, 0.1) is 7.11 Å². The number of benzene rings is 3. The summed E-state index contributed by atoms with van der Waals surface area (Å²) in [5.41, 5.74) is 0.752. The molecule has 1 atom stereocenters. The molecule has 3 aromatic rings. The van der Waals surface area contributed by atoms with Crippen molar-refractivity contribution < 1.29 is 24.1 Å². The van der Waals surface area contributed by atoms with Gasteiger partial charge in [-0.25, -0.2) is 4.79 Å². The molecule has 0 saturated heterocycles. The molecule has 1 N–H and O–H groups in total. The lowest BCUT2D eigenvalue weighted by atomic mass is 10.1. The van der Waals surface area contributed by atoms with E-state index in [9.17, 15) is 9.90 Å². The first kappa shape index (κ1) is 18.3. The number of rotatable bonds is 8. The minimum Gasteiger partial charge on any atom is -0.497 e. The predicted molar refractivity (Wildman–Crippen MR) is 102 cm³/mol. The molecule has 3 aromatic carbocycles. The fourth-order valence-corrected chi connectivity index (χ4v) is 2.59. The van der Waals surface area contributed by atoms with Crippen LogP contribution in [0.15, 0.2) is 78.9 Å². The summed E-state index contributed by atoms with van der Waals surface area (Å²) in [5.74, 6) is 1.39. The Bertz CT molecular complexity index is 875. The van der Waals surface area contributed by atoms with E-state index >= 15 is 0 Å². The number of carbonyl (C=O) groups is 1. The van der Waals surface area contributed by atoms with Gasteiger partial charge in [-0.3, -0.25) is 0 Å². The van der Waals surface area contributed by atoms with Crippen molar-refractivity contribution in [3.8, 4) is 23.0 Å². The maximum absolute atomic E-state index is 11.7. The van der Waals surface area contributed by atoms with Crippen LogP contribution in [0.4, 0.5) is 0 Å². The number of ether oxygens (including phenoxy) is 3. The van der Waals surface area contributed by atoms with Crippen molar-refractivity contribution in [2.45, 2.75) is 12.5 Å². The van der Waals surface area contributed by atoms with Gasteiger partial charge in [0.1, 0.15) is 23.0 Å². The molecule has 0 spiro atoms. The summed E-state index contributed by atoms with van der Waals surface area (Å²) >= 11 is 0. The predicted octanol–water partition coefficient (Wildman–Crippen LogP) is 4.56. The van der Waals surface area contributed by atoms with Gasteiger partial charge in [0, 0.05) is 6.42 Å². The topological polar surface area (TPSA) is 65.0 Å². The largest absolute Gasteiger partial charge is 0.497 e. The van der Waals surface area contributed by atoms with Gasteiger partial charge in [0.25, 0.3) is 0 Å². The Morgan fingerprint density at radius 2 is 1.48 bits per heavy atom. The van der Waals surface area contributed by atoms with Crippen LogP contribution in [0.3, 0.4) is 0 Å². The zero-order chi connectivity index (χ0) is 19.1. The van der Waals surface area contributed by atoms with E-state index in [1.54, 1.807) is 31.4 Å². The van der Waals surface area contributed by atoms with E-state index in [2.05, 4.69) is 0 Å². The number of carboxylic acid groups (broad SMARTS) is 1. The Morgan fingerprint density at radius 1 is 0.852 bits per heavy atom. The maximum Gasteiger partial charge on any atom is 0.345 e. The molecule has 0 heterocycles. The van der Waals surface area contributed by atoms with Crippen molar-refractivity contribution in [3.63, 3.8) is 0 Å². The average molecular weight is 364 g/mol. The van der Waals surface area contributed by atoms with Crippen LogP contribution in [-0.4, -0.2) is 24.3 Å². The highest BCUT2D eigenvalue weighted by molar-refractivity contribution is 5.73. The van der Waals surface area contributed by atoms with Gasteiger partial charge in [-0.2, -0.15) is 0 Å². The van der Waals surface area contributed by atoms with Crippen LogP contribution in [-0.2, 0) is 11.2 Å². The summed E-state index contributed by atoms with van der Waals surface area (Å²) in [5, 5.41) is 9.59. The molecule has 138 valence electrons. The van der Waals surface area contributed by atoms with Gasteiger partial charge >= 0.3 is 5.97 Å². The van der Waals surface area contributed by atoms with E-state index in [0.717, 1.165) is 5.56 Å². The fraction of sp³-hybridized carbons (Fsp3) is 0.136. The molecule has 0 bridgehead atoms. The summed E-state index contributed by atoms with van der Waals surface area (Å²) < 4.78 is 16.7. The van der Waals surface area contributed by atoms with Gasteiger partial charge in [-0.1, -0.05) is 36.4 Å². The van der Waals surface area contributed by atoms with Crippen molar-refractivity contribution >= 4 is 5.97 Å². The Labute approximate surface area is 157 Å². The van der Waals surface area contributed by atoms with Gasteiger partial charge in [0.2, 0.25) is 0 Å². The third-order valence-electron chi connectivity index (χ3n) is 3.96. The number of hydrogen-bond donors (Lipinski definition) is 1. The van der Waals surface area contributed by atoms with Crippen LogP contribution >= 0.6 is 0 Å². The summed E-state index contributed by atoms with van der Waals surface area (Å²) in [6, 6.07) is 23.5. The molecule has 0 fully saturated rings. The van der Waals surface area contributed by atoms with E-state index in [4.69, 9.17) is 14.2 Å². The molecule has 0 aliphatic heterocycles. The molecule has 0 aliphatic carbocycles. The van der Waals surface area contributed by atoms with Crippen LogP contribution in [0.1, 0.15) is 5.56 Å². The number of aliphatic carboxylic acids is 1. The molecule has 5 nitrogen and oxygen atoms in total. The van der Waals surface area contributed by atoms with Crippen molar-refractivity contribution in [1.29, 1.82) is 0 Å².